The number of rotatable bonds is 3. The fraction of sp³-hybridized carbons (Fsp3) is 0.632. The van der Waals surface area contributed by atoms with Gasteiger partial charge >= 0.3 is 0 Å². The maximum Gasteiger partial charge on any atom is 0.231 e. The first-order chi connectivity index (χ1) is 12.3. The van der Waals surface area contributed by atoms with Gasteiger partial charge in [-0.3, -0.25) is 9.69 Å². The normalized spacial score (nSPS) is 35.1. The van der Waals surface area contributed by atoms with Crippen LogP contribution in [0.1, 0.15) is 30.7 Å². The molecule has 25 heavy (non-hydrogen) atoms. The van der Waals surface area contributed by atoms with Gasteiger partial charge in [-0.05, 0) is 49.5 Å². The summed E-state index contributed by atoms with van der Waals surface area (Å²) in [5.41, 5.74) is 6.92. The molecule has 6 nitrogen and oxygen atoms in total. The Balaban J connectivity index is 1.50. The number of hydrogen-bond donors (Lipinski definition) is 1. The second-order valence-electron chi connectivity index (χ2n) is 7.66. The number of carbonyl (C=O) groups is 1. The van der Waals surface area contributed by atoms with E-state index in [0.29, 0.717) is 43.7 Å². The third kappa shape index (κ3) is 2.34. The number of benzene rings is 1. The third-order valence-corrected chi connectivity index (χ3v) is 6.50. The standard InChI is InChI=1S/C19H25N3O3/c20-6-3-17(23)22-10-14(13-1-2-15-16(9-13)25-11-24-15)19-18(22)12-4-7-21(19)8-5-12/h1-2,9,12,14,18-19H,3-8,10-11,20H2/t14-,18+,19+/m1/s1. The van der Waals surface area contributed by atoms with Crippen LogP contribution in [0.4, 0.5) is 0 Å². The van der Waals surface area contributed by atoms with Crippen molar-refractivity contribution in [1.29, 1.82) is 0 Å². The summed E-state index contributed by atoms with van der Waals surface area (Å²) in [4.78, 5) is 17.5. The number of nitrogens with zero attached hydrogens (tertiary/aromatic N) is 2. The zero-order valence-corrected chi connectivity index (χ0v) is 14.4. The van der Waals surface area contributed by atoms with Gasteiger partial charge in [0.2, 0.25) is 12.7 Å². The highest BCUT2D eigenvalue weighted by Crippen LogP contribution is 2.48. The highest BCUT2D eigenvalue weighted by molar-refractivity contribution is 5.77. The molecule has 5 heterocycles. The monoisotopic (exact) mass is 343 g/mol. The molecule has 5 aliphatic rings. The number of hydrogen-bond acceptors (Lipinski definition) is 5. The van der Waals surface area contributed by atoms with E-state index in [1.807, 2.05) is 6.07 Å². The second kappa shape index (κ2) is 5.88. The van der Waals surface area contributed by atoms with E-state index in [1.54, 1.807) is 0 Å². The minimum Gasteiger partial charge on any atom is -0.454 e. The van der Waals surface area contributed by atoms with Crippen LogP contribution in [-0.4, -0.2) is 60.8 Å². The van der Waals surface area contributed by atoms with Gasteiger partial charge in [0.25, 0.3) is 0 Å². The van der Waals surface area contributed by atoms with Crippen LogP contribution in [0.5, 0.6) is 11.5 Å². The van der Waals surface area contributed by atoms with Gasteiger partial charge in [0.1, 0.15) is 0 Å². The fourth-order valence-corrected chi connectivity index (χ4v) is 5.41. The molecule has 6 rings (SSSR count). The summed E-state index contributed by atoms with van der Waals surface area (Å²) in [6.45, 7) is 3.83. The van der Waals surface area contributed by atoms with Crippen LogP contribution in [-0.2, 0) is 4.79 Å². The summed E-state index contributed by atoms with van der Waals surface area (Å²) >= 11 is 0. The van der Waals surface area contributed by atoms with E-state index in [9.17, 15) is 4.79 Å². The SMILES string of the molecule is NCCC(=O)N1C[C@H](c2ccc3c(c2)OCO3)[C@H]2[C@@H]1C1CCN2CC1. The van der Waals surface area contributed by atoms with Gasteiger partial charge in [0.05, 0.1) is 6.04 Å². The Kier molecular flexibility index (Phi) is 3.64. The van der Waals surface area contributed by atoms with Crippen LogP contribution < -0.4 is 15.2 Å². The summed E-state index contributed by atoms with van der Waals surface area (Å²) in [5.74, 6) is 2.84. The molecule has 1 amide bonds. The molecule has 0 saturated carbocycles. The van der Waals surface area contributed by atoms with Crippen LogP contribution in [0.3, 0.4) is 0 Å². The van der Waals surface area contributed by atoms with Gasteiger partial charge in [0.15, 0.2) is 11.5 Å². The molecule has 0 spiro atoms. The number of fused-ring (bicyclic) bond motifs is 3. The molecule has 134 valence electrons. The molecule has 5 aliphatic heterocycles. The van der Waals surface area contributed by atoms with Crippen molar-refractivity contribution in [3.05, 3.63) is 23.8 Å². The molecule has 4 fully saturated rings. The molecule has 4 saturated heterocycles. The predicted octanol–water partition coefficient (Wildman–Crippen LogP) is 1.15. The Morgan fingerprint density at radius 1 is 1.16 bits per heavy atom. The molecule has 1 aromatic rings. The maximum atomic E-state index is 12.7. The zero-order valence-electron chi connectivity index (χ0n) is 14.4. The summed E-state index contributed by atoms with van der Waals surface area (Å²) < 4.78 is 11.0. The summed E-state index contributed by atoms with van der Waals surface area (Å²) in [6, 6.07) is 7.04. The first-order valence-electron chi connectivity index (χ1n) is 9.39. The molecule has 2 N–H and O–H groups in total. The molecule has 0 aliphatic carbocycles. The van der Waals surface area contributed by atoms with Crippen LogP contribution in [0.2, 0.25) is 0 Å². The molecule has 0 aromatic heterocycles. The quantitative estimate of drug-likeness (QED) is 0.892. The first kappa shape index (κ1) is 15.5. The van der Waals surface area contributed by atoms with Gasteiger partial charge in [0, 0.05) is 31.5 Å². The number of carbonyl (C=O) groups excluding carboxylic acids is 1. The van der Waals surface area contributed by atoms with Crippen LogP contribution in [0.25, 0.3) is 0 Å². The molecule has 3 atom stereocenters. The molecule has 6 heteroatoms. The predicted molar refractivity (Wildman–Crippen MR) is 92.6 cm³/mol. The summed E-state index contributed by atoms with van der Waals surface area (Å²) in [5, 5.41) is 0. The second-order valence-corrected chi connectivity index (χ2v) is 7.66. The lowest BCUT2D eigenvalue weighted by atomic mass is 9.75. The summed E-state index contributed by atoms with van der Waals surface area (Å²) in [6.07, 6.45) is 2.87. The van der Waals surface area contributed by atoms with E-state index < -0.39 is 0 Å². The molecular weight excluding hydrogens is 318 g/mol. The minimum absolute atomic E-state index is 0.217. The lowest BCUT2D eigenvalue weighted by Gasteiger charge is -2.51. The number of amides is 1. The summed E-state index contributed by atoms with van der Waals surface area (Å²) in [7, 11) is 0. The minimum atomic E-state index is 0.217. The zero-order chi connectivity index (χ0) is 17.0. The van der Waals surface area contributed by atoms with Gasteiger partial charge in [-0.2, -0.15) is 0 Å². The van der Waals surface area contributed by atoms with Crippen molar-refractivity contribution < 1.29 is 14.3 Å². The van der Waals surface area contributed by atoms with Crippen LogP contribution >= 0.6 is 0 Å². The maximum absolute atomic E-state index is 12.7. The lowest BCUT2D eigenvalue weighted by molar-refractivity contribution is -0.135. The highest BCUT2D eigenvalue weighted by atomic mass is 16.7. The first-order valence-corrected chi connectivity index (χ1v) is 9.39. The average molecular weight is 343 g/mol. The lowest BCUT2D eigenvalue weighted by Crippen LogP contribution is -2.60. The van der Waals surface area contributed by atoms with E-state index in [4.69, 9.17) is 15.2 Å². The Hall–Kier alpha value is -1.79. The van der Waals surface area contributed by atoms with E-state index in [-0.39, 0.29) is 5.91 Å². The number of piperidine rings is 3. The van der Waals surface area contributed by atoms with Crippen molar-refractivity contribution in [1.82, 2.24) is 9.80 Å². The highest BCUT2D eigenvalue weighted by Gasteiger charge is 2.54. The third-order valence-electron chi connectivity index (χ3n) is 6.50. The van der Waals surface area contributed by atoms with Crippen molar-refractivity contribution in [2.75, 3.05) is 33.0 Å². The van der Waals surface area contributed by atoms with E-state index >= 15 is 0 Å². The molecule has 1 aromatic carbocycles. The van der Waals surface area contributed by atoms with E-state index in [1.165, 1.54) is 18.4 Å². The van der Waals surface area contributed by atoms with Gasteiger partial charge in [-0.15, -0.1) is 0 Å². The Labute approximate surface area is 147 Å². The molecular formula is C19H25N3O3. The fourth-order valence-electron chi connectivity index (χ4n) is 5.41. The van der Waals surface area contributed by atoms with Crippen LogP contribution in [0, 0.1) is 5.92 Å². The van der Waals surface area contributed by atoms with Crippen LogP contribution in [0.15, 0.2) is 18.2 Å². The van der Waals surface area contributed by atoms with Crippen molar-refractivity contribution in [2.45, 2.75) is 37.3 Å². The number of nitrogens with two attached hydrogens (primary N) is 1. The van der Waals surface area contributed by atoms with E-state index in [2.05, 4.69) is 21.9 Å². The Morgan fingerprint density at radius 3 is 2.76 bits per heavy atom. The molecule has 2 bridgehead atoms. The number of likely N-dealkylation sites (tertiary alicyclic amines) is 1. The average Bonchev–Trinajstić information content (AvgIpc) is 3.28. The van der Waals surface area contributed by atoms with Gasteiger partial charge in [-0.1, -0.05) is 6.07 Å². The Bertz CT molecular complexity index is 686. The van der Waals surface area contributed by atoms with E-state index in [0.717, 1.165) is 31.1 Å². The van der Waals surface area contributed by atoms with Gasteiger partial charge < -0.3 is 20.1 Å². The van der Waals surface area contributed by atoms with Crippen molar-refractivity contribution in [3.63, 3.8) is 0 Å². The van der Waals surface area contributed by atoms with Crippen molar-refractivity contribution in [2.24, 2.45) is 11.7 Å². The van der Waals surface area contributed by atoms with Gasteiger partial charge in [-0.25, -0.2) is 0 Å². The smallest absolute Gasteiger partial charge is 0.231 e. The Morgan fingerprint density at radius 2 is 1.96 bits per heavy atom. The topological polar surface area (TPSA) is 68.0 Å². The van der Waals surface area contributed by atoms with Crippen molar-refractivity contribution in [3.8, 4) is 11.5 Å². The molecule has 0 unspecified atom stereocenters. The number of ether oxygens (including phenoxy) is 2. The largest absolute Gasteiger partial charge is 0.454 e. The molecule has 0 radical (unpaired) electrons. The van der Waals surface area contributed by atoms with Crippen molar-refractivity contribution >= 4 is 5.91 Å².